The molecule has 0 bridgehead atoms. The Labute approximate surface area is 230 Å². The van der Waals surface area contributed by atoms with Crippen molar-refractivity contribution in [3.05, 3.63) is 95.2 Å². The summed E-state index contributed by atoms with van der Waals surface area (Å²) in [7, 11) is 6.31. The van der Waals surface area contributed by atoms with Gasteiger partial charge in [0.25, 0.3) is 0 Å². The molecule has 6 nitrogen and oxygen atoms in total. The van der Waals surface area contributed by atoms with E-state index in [-0.39, 0.29) is 18.2 Å². The van der Waals surface area contributed by atoms with Crippen LogP contribution in [0.15, 0.2) is 77.2 Å². The molecule has 6 heteroatoms. The molecule has 0 saturated heterocycles. The number of para-hydroxylation sites is 1. The first-order valence-corrected chi connectivity index (χ1v) is 13.6. The molecule has 0 amide bonds. The van der Waals surface area contributed by atoms with Crippen molar-refractivity contribution in [2.45, 2.75) is 39.0 Å². The molecule has 0 atom stereocenters. The van der Waals surface area contributed by atoms with Gasteiger partial charge in [-0.3, -0.25) is 14.1 Å². The van der Waals surface area contributed by atoms with Gasteiger partial charge in [0.15, 0.2) is 5.78 Å². The number of nitrogens with zero attached hydrogens (tertiary/aromatic N) is 1. The van der Waals surface area contributed by atoms with Crippen molar-refractivity contribution in [1.82, 2.24) is 4.48 Å². The highest BCUT2D eigenvalue weighted by Crippen LogP contribution is 2.30. The summed E-state index contributed by atoms with van der Waals surface area (Å²) in [5.74, 6) is 1.12. The van der Waals surface area contributed by atoms with Gasteiger partial charge in [-0.25, -0.2) is 0 Å². The van der Waals surface area contributed by atoms with Crippen molar-refractivity contribution >= 4 is 28.4 Å². The molecule has 0 aliphatic rings. The molecule has 0 spiro atoms. The second-order valence-electron chi connectivity index (χ2n) is 10.6. The molecule has 0 aliphatic carbocycles. The lowest BCUT2D eigenvalue weighted by atomic mass is 9.98. The zero-order valence-electron chi connectivity index (χ0n) is 23.4. The number of quaternary nitrogens is 1. The van der Waals surface area contributed by atoms with E-state index in [1.165, 1.54) is 5.69 Å². The van der Waals surface area contributed by atoms with Gasteiger partial charge in [0, 0.05) is 23.8 Å². The van der Waals surface area contributed by atoms with Crippen LogP contribution in [0.25, 0.3) is 11.0 Å². The number of hydrogen-bond donors (Lipinski definition) is 0. The van der Waals surface area contributed by atoms with Crippen LogP contribution in [0.1, 0.15) is 53.4 Å². The van der Waals surface area contributed by atoms with Gasteiger partial charge in [0.2, 0.25) is 0 Å². The Bertz CT molecular complexity index is 1400. The van der Waals surface area contributed by atoms with Gasteiger partial charge in [-0.15, -0.1) is 0 Å². The van der Waals surface area contributed by atoms with Crippen LogP contribution in [0.3, 0.4) is 0 Å². The van der Waals surface area contributed by atoms with E-state index in [2.05, 4.69) is 28.1 Å². The first kappa shape index (κ1) is 28.1. The fraction of sp³-hybridized carbons (Fsp3) is 0.333. The predicted octanol–water partition coefficient (Wildman–Crippen LogP) is 6.76. The molecule has 0 saturated carbocycles. The highest BCUT2D eigenvalue weighted by molar-refractivity contribution is 6.16. The summed E-state index contributed by atoms with van der Waals surface area (Å²) in [4.78, 5) is 25.6. The van der Waals surface area contributed by atoms with Crippen molar-refractivity contribution in [2.24, 2.45) is 0 Å². The Morgan fingerprint density at radius 1 is 0.846 bits per heavy atom. The molecule has 0 radical (unpaired) electrons. The Balaban J connectivity index is 1.25. The summed E-state index contributed by atoms with van der Waals surface area (Å²) >= 11 is 0. The molecule has 4 rings (SSSR count). The highest BCUT2D eigenvalue weighted by Gasteiger charge is 2.21. The van der Waals surface area contributed by atoms with Crippen LogP contribution in [-0.4, -0.2) is 46.1 Å². The molecule has 0 fully saturated rings. The minimum Gasteiger partial charge on any atom is -0.493 e. The second kappa shape index (κ2) is 12.8. The van der Waals surface area contributed by atoms with Gasteiger partial charge in [0.1, 0.15) is 22.8 Å². The molecular formula is C33H38NO5+. The number of furan rings is 1. The van der Waals surface area contributed by atoms with E-state index in [4.69, 9.17) is 13.9 Å². The smallest absolute Gasteiger partial charge is 0.310 e. The molecule has 4 aromatic rings. The van der Waals surface area contributed by atoms with Crippen LogP contribution in [0.4, 0.5) is 5.69 Å². The van der Waals surface area contributed by atoms with E-state index in [0.29, 0.717) is 36.5 Å². The molecule has 3 aromatic carbocycles. The third kappa shape index (κ3) is 7.36. The number of benzene rings is 3. The minimum absolute atomic E-state index is 0.0448. The lowest BCUT2D eigenvalue weighted by Crippen LogP contribution is -2.34. The summed E-state index contributed by atoms with van der Waals surface area (Å²) in [6.45, 7) is 2.83. The van der Waals surface area contributed by atoms with Crippen LogP contribution < -0.4 is 9.22 Å². The van der Waals surface area contributed by atoms with E-state index in [1.54, 1.807) is 24.3 Å². The summed E-state index contributed by atoms with van der Waals surface area (Å²) in [6, 6.07) is 22.9. The maximum Gasteiger partial charge on any atom is 0.310 e. The van der Waals surface area contributed by atoms with E-state index < -0.39 is 0 Å². The number of rotatable bonds is 13. The second-order valence-corrected chi connectivity index (χ2v) is 10.6. The lowest BCUT2D eigenvalue weighted by Gasteiger charge is -2.23. The van der Waals surface area contributed by atoms with Crippen molar-refractivity contribution in [2.75, 3.05) is 34.4 Å². The first-order valence-electron chi connectivity index (χ1n) is 13.6. The van der Waals surface area contributed by atoms with Crippen molar-refractivity contribution < 1.29 is 23.5 Å². The SMILES string of the molecule is CCCCc1oc2ccccc2c1C(=O)c1ccc(OCCCOC(=O)Cc2ccc([N+](C)(C)C)cc2)cc1. The van der Waals surface area contributed by atoms with Gasteiger partial charge in [-0.2, -0.15) is 0 Å². The van der Waals surface area contributed by atoms with Gasteiger partial charge < -0.3 is 13.9 Å². The molecule has 0 aliphatic heterocycles. The Morgan fingerprint density at radius 2 is 1.56 bits per heavy atom. The molecule has 0 N–H and O–H groups in total. The van der Waals surface area contributed by atoms with E-state index in [0.717, 1.165) is 46.0 Å². The lowest BCUT2D eigenvalue weighted by molar-refractivity contribution is -0.143. The highest BCUT2D eigenvalue weighted by atomic mass is 16.5. The zero-order chi connectivity index (χ0) is 27.8. The fourth-order valence-corrected chi connectivity index (χ4v) is 4.42. The summed E-state index contributed by atoms with van der Waals surface area (Å²) < 4.78 is 17.9. The van der Waals surface area contributed by atoms with Crippen LogP contribution in [0.5, 0.6) is 5.75 Å². The van der Waals surface area contributed by atoms with Gasteiger partial charge in [0.05, 0.1) is 46.3 Å². The van der Waals surface area contributed by atoms with E-state index >= 15 is 0 Å². The number of ether oxygens (including phenoxy) is 2. The molecule has 39 heavy (non-hydrogen) atoms. The third-order valence-electron chi connectivity index (χ3n) is 6.65. The van der Waals surface area contributed by atoms with E-state index in [1.807, 2.05) is 48.5 Å². The van der Waals surface area contributed by atoms with Crippen LogP contribution in [0, 0.1) is 0 Å². The quantitative estimate of drug-likeness (QED) is 0.0830. The zero-order valence-corrected chi connectivity index (χ0v) is 23.4. The van der Waals surface area contributed by atoms with Crippen LogP contribution >= 0.6 is 0 Å². The number of carbonyl (C=O) groups is 2. The average molecular weight is 529 g/mol. The maximum absolute atomic E-state index is 13.4. The number of ketones is 1. The number of carbonyl (C=O) groups excluding carboxylic acids is 2. The molecule has 0 unspecified atom stereocenters. The van der Waals surface area contributed by atoms with Crippen LogP contribution in [-0.2, 0) is 22.4 Å². The maximum atomic E-state index is 13.4. The van der Waals surface area contributed by atoms with Crippen LogP contribution in [0.2, 0.25) is 0 Å². The van der Waals surface area contributed by atoms with Gasteiger partial charge >= 0.3 is 5.97 Å². The third-order valence-corrected chi connectivity index (χ3v) is 6.65. The minimum atomic E-state index is -0.249. The first-order chi connectivity index (χ1) is 18.8. The fourth-order valence-electron chi connectivity index (χ4n) is 4.42. The van der Waals surface area contributed by atoms with E-state index in [9.17, 15) is 9.59 Å². The van der Waals surface area contributed by atoms with Gasteiger partial charge in [-0.1, -0.05) is 43.7 Å². The summed E-state index contributed by atoms with van der Waals surface area (Å²) in [5, 5.41) is 0.852. The number of aryl methyl sites for hydroxylation is 1. The molecule has 1 aromatic heterocycles. The number of unbranched alkanes of at least 4 members (excludes halogenated alkanes) is 1. The van der Waals surface area contributed by atoms with Gasteiger partial charge in [-0.05, 0) is 54.4 Å². The normalized spacial score (nSPS) is 11.5. The van der Waals surface area contributed by atoms with Crippen molar-refractivity contribution in [1.29, 1.82) is 0 Å². The predicted molar refractivity (Wildman–Crippen MR) is 155 cm³/mol. The standard InChI is InChI=1S/C33H38NO5/c1-5-6-11-30-32(28-10-7-8-12-29(28)39-30)33(36)25-15-19-27(20-16-25)37-21-9-22-38-31(35)23-24-13-17-26(18-14-24)34(2,3)4/h7-8,10,12-20H,5-6,9,11,21-23H2,1-4H3/q+1. The summed E-state index contributed by atoms with van der Waals surface area (Å²) in [5.41, 5.74) is 4.09. The van der Waals surface area contributed by atoms with Crippen molar-refractivity contribution in [3.8, 4) is 5.75 Å². The Kier molecular flexibility index (Phi) is 9.20. The number of esters is 1. The monoisotopic (exact) mass is 528 g/mol. The molecule has 1 heterocycles. The average Bonchev–Trinajstić information content (AvgIpc) is 3.29. The number of hydrogen-bond acceptors (Lipinski definition) is 5. The molecular weight excluding hydrogens is 490 g/mol. The molecule has 204 valence electrons. The van der Waals surface area contributed by atoms with Crippen molar-refractivity contribution in [3.63, 3.8) is 0 Å². The summed E-state index contributed by atoms with van der Waals surface area (Å²) in [6.07, 6.45) is 3.56. The Morgan fingerprint density at radius 3 is 2.26 bits per heavy atom. The number of fused-ring (bicyclic) bond motifs is 1. The Hall–Kier alpha value is -3.90. The topological polar surface area (TPSA) is 65.7 Å². The largest absolute Gasteiger partial charge is 0.493 e.